The number of nitro groups is 1. The van der Waals surface area contributed by atoms with Gasteiger partial charge in [-0.15, -0.1) is 0 Å². The van der Waals surface area contributed by atoms with Crippen molar-refractivity contribution < 1.29 is 4.92 Å². The Hall–Kier alpha value is -2.36. The Balaban J connectivity index is 2.22. The molecule has 0 bridgehead atoms. The highest BCUT2D eigenvalue weighted by Gasteiger charge is 2.13. The van der Waals surface area contributed by atoms with Crippen LogP contribution in [0.15, 0.2) is 30.3 Å². The summed E-state index contributed by atoms with van der Waals surface area (Å²) in [6, 6.07) is 9.84. The Bertz CT molecular complexity index is 693. The molecule has 0 heterocycles. The molecule has 4 heteroatoms. The van der Waals surface area contributed by atoms with Gasteiger partial charge in [-0.3, -0.25) is 10.1 Å². The maximum atomic E-state index is 10.9. The van der Waals surface area contributed by atoms with E-state index in [2.05, 4.69) is 37.4 Å². The van der Waals surface area contributed by atoms with Crippen molar-refractivity contribution in [1.29, 1.82) is 0 Å². The van der Waals surface area contributed by atoms with E-state index in [9.17, 15) is 10.1 Å². The largest absolute Gasteiger partial charge is 0.381 e. The molecular weight excluding hydrogens is 264 g/mol. The maximum absolute atomic E-state index is 10.9. The SMILES string of the molecule is Cc1ccc(C)c(CNc2cc(C)c([N+](=O)[O-])cc2C)c1. The molecule has 0 saturated heterocycles. The molecule has 0 aliphatic carbocycles. The Morgan fingerprint density at radius 2 is 1.71 bits per heavy atom. The molecule has 4 nitrogen and oxygen atoms in total. The summed E-state index contributed by atoms with van der Waals surface area (Å²) in [7, 11) is 0. The Morgan fingerprint density at radius 1 is 1.00 bits per heavy atom. The Labute approximate surface area is 125 Å². The van der Waals surface area contributed by atoms with Gasteiger partial charge in [0.25, 0.3) is 5.69 Å². The average molecular weight is 284 g/mol. The van der Waals surface area contributed by atoms with Crippen molar-refractivity contribution >= 4 is 11.4 Å². The summed E-state index contributed by atoms with van der Waals surface area (Å²) >= 11 is 0. The summed E-state index contributed by atoms with van der Waals surface area (Å²) in [5.74, 6) is 0. The van der Waals surface area contributed by atoms with Gasteiger partial charge in [0.1, 0.15) is 0 Å². The molecule has 0 atom stereocenters. The molecule has 2 aromatic carbocycles. The Kier molecular flexibility index (Phi) is 4.26. The second-order valence-electron chi connectivity index (χ2n) is 5.49. The van der Waals surface area contributed by atoms with Crippen LogP contribution in [0.5, 0.6) is 0 Å². The summed E-state index contributed by atoms with van der Waals surface area (Å²) < 4.78 is 0. The molecule has 2 rings (SSSR count). The summed E-state index contributed by atoms with van der Waals surface area (Å²) in [6.07, 6.45) is 0. The predicted molar refractivity (Wildman–Crippen MR) is 85.8 cm³/mol. The average Bonchev–Trinajstić information content (AvgIpc) is 2.42. The van der Waals surface area contributed by atoms with Crippen LogP contribution >= 0.6 is 0 Å². The molecule has 0 saturated carbocycles. The van der Waals surface area contributed by atoms with Gasteiger partial charge in [-0.25, -0.2) is 0 Å². The quantitative estimate of drug-likeness (QED) is 0.667. The van der Waals surface area contributed by atoms with Gasteiger partial charge >= 0.3 is 0 Å². The number of rotatable bonds is 4. The second kappa shape index (κ2) is 5.95. The van der Waals surface area contributed by atoms with E-state index in [1.54, 1.807) is 13.0 Å². The van der Waals surface area contributed by atoms with Crippen molar-refractivity contribution in [3.05, 3.63) is 68.3 Å². The fraction of sp³-hybridized carbons (Fsp3) is 0.294. The van der Waals surface area contributed by atoms with Gasteiger partial charge in [0, 0.05) is 23.9 Å². The summed E-state index contributed by atoms with van der Waals surface area (Å²) in [4.78, 5) is 10.6. The predicted octanol–water partition coefficient (Wildman–Crippen LogP) is 4.44. The van der Waals surface area contributed by atoms with E-state index in [-0.39, 0.29) is 10.6 Å². The zero-order chi connectivity index (χ0) is 15.6. The van der Waals surface area contributed by atoms with Gasteiger partial charge in [0.05, 0.1) is 4.92 Å². The molecule has 0 aliphatic rings. The van der Waals surface area contributed by atoms with Crippen molar-refractivity contribution in [3.8, 4) is 0 Å². The van der Waals surface area contributed by atoms with Gasteiger partial charge in [-0.1, -0.05) is 23.8 Å². The van der Waals surface area contributed by atoms with Gasteiger partial charge in [0.2, 0.25) is 0 Å². The number of hydrogen-bond donors (Lipinski definition) is 1. The fourth-order valence-corrected chi connectivity index (χ4v) is 2.37. The minimum absolute atomic E-state index is 0.171. The molecule has 21 heavy (non-hydrogen) atoms. The monoisotopic (exact) mass is 284 g/mol. The van der Waals surface area contributed by atoms with E-state index in [4.69, 9.17) is 0 Å². The zero-order valence-electron chi connectivity index (χ0n) is 12.9. The third-order valence-electron chi connectivity index (χ3n) is 3.71. The molecule has 0 fully saturated rings. The van der Waals surface area contributed by atoms with Crippen LogP contribution in [0.3, 0.4) is 0 Å². The first-order valence-corrected chi connectivity index (χ1v) is 6.94. The second-order valence-corrected chi connectivity index (χ2v) is 5.49. The highest BCUT2D eigenvalue weighted by atomic mass is 16.6. The number of benzene rings is 2. The number of anilines is 1. The Morgan fingerprint density at radius 3 is 2.38 bits per heavy atom. The first-order chi connectivity index (χ1) is 9.88. The molecule has 2 aromatic rings. The maximum Gasteiger partial charge on any atom is 0.272 e. The van der Waals surface area contributed by atoms with Gasteiger partial charge in [-0.05, 0) is 50.5 Å². The molecule has 0 radical (unpaired) electrons. The van der Waals surface area contributed by atoms with Gasteiger partial charge in [-0.2, -0.15) is 0 Å². The molecule has 110 valence electrons. The van der Waals surface area contributed by atoms with Crippen molar-refractivity contribution in [2.45, 2.75) is 34.2 Å². The third kappa shape index (κ3) is 3.40. The van der Waals surface area contributed by atoms with Crippen molar-refractivity contribution in [2.24, 2.45) is 0 Å². The molecule has 0 unspecified atom stereocenters. The fourth-order valence-electron chi connectivity index (χ4n) is 2.37. The lowest BCUT2D eigenvalue weighted by atomic mass is 10.0. The highest BCUT2D eigenvalue weighted by Crippen LogP contribution is 2.26. The number of aryl methyl sites for hydroxylation is 4. The molecule has 1 N–H and O–H groups in total. The number of nitro benzene ring substituents is 1. The lowest BCUT2D eigenvalue weighted by Gasteiger charge is -2.13. The lowest BCUT2D eigenvalue weighted by Crippen LogP contribution is -2.04. The van der Waals surface area contributed by atoms with Crippen molar-refractivity contribution in [3.63, 3.8) is 0 Å². The normalized spacial score (nSPS) is 10.5. The van der Waals surface area contributed by atoms with Gasteiger partial charge < -0.3 is 5.32 Å². The van der Waals surface area contributed by atoms with E-state index in [0.29, 0.717) is 12.1 Å². The van der Waals surface area contributed by atoms with Crippen LogP contribution in [-0.2, 0) is 6.54 Å². The first kappa shape index (κ1) is 15.0. The van der Waals surface area contributed by atoms with Crippen molar-refractivity contribution in [1.82, 2.24) is 0 Å². The van der Waals surface area contributed by atoms with Crippen LogP contribution < -0.4 is 5.32 Å². The number of nitrogens with one attached hydrogen (secondary N) is 1. The smallest absolute Gasteiger partial charge is 0.272 e. The highest BCUT2D eigenvalue weighted by molar-refractivity contribution is 5.59. The van der Waals surface area contributed by atoms with E-state index in [0.717, 1.165) is 11.3 Å². The van der Waals surface area contributed by atoms with Crippen molar-refractivity contribution in [2.75, 3.05) is 5.32 Å². The zero-order valence-corrected chi connectivity index (χ0v) is 12.9. The van der Waals surface area contributed by atoms with Crippen LogP contribution in [0, 0.1) is 37.8 Å². The lowest BCUT2D eigenvalue weighted by molar-refractivity contribution is -0.385. The molecule has 0 spiro atoms. The van der Waals surface area contributed by atoms with E-state index in [1.165, 1.54) is 16.7 Å². The summed E-state index contributed by atoms with van der Waals surface area (Å²) in [6.45, 7) is 8.53. The van der Waals surface area contributed by atoms with Crippen LogP contribution in [0.25, 0.3) is 0 Å². The van der Waals surface area contributed by atoms with E-state index < -0.39 is 0 Å². The summed E-state index contributed by atoms with van der Waals surface area (Å²) in [5, 5.41) is 14.3. The minimum Gasteiger partial charge on any atom is -0.381 e. The number of hydrogen-bond acceptors (Lipinski definition) is 3. The topological polar surface area (TPSA) is 55.2 Å². The molecular formula is C17H20N2O2. The van der Waals surface area contributed by atoms with Crippen LogP contribution in [-0.4, -0.2) is 4.92 Å². The molecule has 0 aliphatic heterocycles. The third-order valence-corrected chi connectivity index (χ3v) is 3.71. The van der Waals surface area contributed by atoms with Crippen LogP contribution in [0.2, 0.25) is 0 Å². The minimum atomic E-state index is -0.336. The van der Waals surface area contributed by atoms with E-state index >= 15 is 0 Å². The number of nitrogens with zero attached hydrogens (tertiary/aromatic N) is 1. The standard InChI is InChI=1S/C17H20N2O2/c1-11-5-6-12(2)15(7-11)10-18-16-8-14(4)17(19(20)21)9-13(16)3/h5-9,18H,10H2,1-4H3. The van der Waals surface area contributed by atoms with Crippen LogP contribution in [0.1, 0.15) is 27.8 Å². The summed E-state index contributed by atoms with van der Waals surface area (Å²) in [5.41, 5.74) is 6.39. The van der Waals surface area contributed by atoms with E-state index in [1.807, 2.05) is 13.0 Å². The first-order valence-electron chi connectivity index (χ1n) is 6.94. The molecule has 0 aromatic heterocycles. The molecule has 0 amide bonds. The van der Waals surface area contributed by atoms with Crippen LogP contribution in [0.4, 0.5) is 11.4 Å². The van der Waals surface area contributed by atoms with Gasteiger partial charge in [0.15, 0.2) is 0 Å².